The maximum atomic E-state index is 3.95. The number of rotatable bonds is 5. The Bertz CT molecular complexity index is 337. The summed E-state index contributed by atoms with van der Waals surface area (Å²) < 4.78 is 0. The molecule has 1 nitrogen and oxygen atoms in total. The van der Waals surface area contributed by atoms with Crippen molar-refractivity contribution in [3.63, 3.8) is 0 Å². The fourth-order valence-corrected chi connectivity index (χ4v) is 3.49. The molecule has 1 aromatic carbocycles. The highest BCUT2D eigenvalue weighted by molar-refractivity contribution is 8.00. The third-order valence-corrected chi connectivity index (χ3v) is 4.37. The van der Waals surface area contributed by atoms with Crippen LogP contribution >= 0.6 is 11.8 Å². The average molecular weight is 233 g/mol. The molecular weight excluding hydrogens is 214 g/mol. The highest BCUT2D eigenvalue weighted by Gasteiger charge is 2.26. The van der Waals surface area contributed by atoms with Gasteiger partial charge in [-0.1, -0.05) is 31.2 Å². The van der Waals surface area contributed by atoms with E-state index in [4.69, 9.17) is 0 Å². The van der Waals surface area contributed by atoms with Crippen molar-refractivity contribution in [3.8, 4) is 0 Å². The fourth-order valence-electron chi connectivity index (χ4n) is 2.09. The summed E-state index contributed by atoms with van der Waals surface area (Å²) in [6.45, 7) is 7.22. The highest BCUT2D eigenvalue weighted by Crippen LogP contribution is 2.38. The van der Waals surface area contributed by atoms with Gasteiger partial charge in [0.25, 0.3) is 0 Å². The lowest BCUT2D eigenvalue weighted by atomic mass is 10.1. The van der Waals surface area contributed by atoms with E-state index in [0.29, 0.717) is 11.3 Å². The predicted molar refractivity (Wildman–Crippen MR) is 72.1 cm³/mol. The molecule has 0 saturated heterocycles. The Kier molecular flexibility index (Phi) is 4.08. The molecule has 0 aliphatic carbocycles. The van der Waals surface area contributed by atoms with Gasteiger partial charge in [-0.05, 0) is 31.0 Å². The molecule has 0 aromatic heterocycles. The van der Waals surface area contributed by atoms with Crippen molar-refractivity contribution >= 4 is 11.8 Å². The third-order valence-electron chi connectivity index (χ3n) is 2.96. The molecule has 2 unspecified atom stereocenters. The number of hydrogen-bond acceptors (Lipinski definition) is 2. The number of nitrogens with one attached hydrogen (secondary N) is 1. The lowest BCUT2D eigenvalue weighted by molar-refractivity contribution is 0.568. The molecule has 1 heterocycles. The van der Waals surface area contributed by atoms with Gasteiger partial charge in [0.1, 0.15) is 0 Å². The third kappa shape index (κ3) is 2.50. The first-order chi connectivity index (χ1) is 7.85. The SMILES string of the molecule is C=CC(NCCC)C1Cc2ccccc2S1. The van der Waals surface area contributed by atoms with E-state index in [-0.39, 0.29) is 0 Å². The molecule has 16 heavy (non-hydrogen) atoms. The van der Waals surface area contributed by atoms with Gasteiger partial charge in [0.15, 0.2) is 0 Å². The molecule has 2 atom stereocenters. The van der Waals surface area contributed by atoms with Crippen LogP contribution in [0.3, 0.4) is 0 Å². The first kappa shape index (κ1) is 11.7. The summed E-state index contributed by atoms with van der Waals surface area (Å²) >= 11 is 1.99. The summed E-state index contributed by atoms with van der Waals surface area (Å²) in [4.78, 5) is 1.44. The van der Waals surface area contributed by atoms with Crippen LogP contribution in [0.2, 0.25) is 0 Å². The van der Waals surface area contributed by atoms with Crippen LogP contribution in [0.4, 0.5) is 0 Å². The van der Waals surface area contributed by atoms with Gasteiger partial charge < -0.3 is 5.32 Å². The summed E-state index contributed by atoms with van der Waals surface area (Å²) in [5.74, 6) is 0. The van der Waals surface area contributed by atoms with Crippen LogP contribution in [0.15, 0.2) is 41.8 Å². The predicted octanol–water partition coefficient (Wildman–Crippen LogP) is 3.26. The van der Waals surface area contributed by atoms with Crippen LogP contribution in [-0.4, -0.2) is 17.8 Å². The number of benzene rings is 1. The molecule has 0 amide bonds. The van der Waals surface area contributed by atoms with Crippen molar-refractivity contribution in [1.82, 2.24) is 5.32 Å². The van der Waals surface area contributed by atoms with Crippen molar-refractivity contribution < 1.29 is 0 Å². The smallest absolute Gasteiger partial charge is 0.0374 e. The lowest BCUT2D eigenvalue weighted by Gasteiger charge is -2.20. The Morgan fingerprint density at radius 1 is 1.56 bits per heavy atom. The monoisotopic (exact) mass is 233 g/mol. The Labute approximate surface area is 102 Å². The zero-order valence-corrected chi connectivity index (χ0v) is 10.6. The lowest BCUT2D eigenvalue weighted by Crippen LogP contribution is -2.36. The zero-order chi connectivity index (χ0) is 11.4. The van der Waals surface area contributed by atoms with Crippen LogP contribution < -0.4 is 5.32 Å². The van der Waals surface area contributed by atoms with E-state index in [0.717, 1.165) is 13.0 Å². The van der Waals surface area contributed by atoms with Gasteiger partial charge in [-0.2, -0.15) is 0 Å². The van der Waals surface area contributed by atoms with E-state index in [1.165, 1.54) is 16.9 Å². The molecule has 1 aliphatic rings. The summed E-state index contributed by atoms with van der Waals surface area (Å²) in [5, 5.41) is 4.17. The molecule has 86 valence electrons. The molecule has 2 heteroatoms. The molecule has 1 aromatic rings. The highest BCUT2D eigenvalue weighted by atomic mass is 32.2. The summed E-state index contributed by atoms with van der Waals surface area (Å²) in [5.41, 5.74) is 1.49. The second-order valence-electron chi connectivity index (χ2n) is 4.18. The molecule has 0 saturated carbocycles. The Balaban J connectivity index is 2.01. The molecule has 1 aliphatic heterocycles. The topological polar surface area (TPSA) is 12.0 Å². The minimum atomic E-state index is 0.428. The van der Waals surface area contributed by atoms with Crippen molar-refractivity contribution in [2.24, 2.45) is 0 Å². The summed E-state index contributed by atoms with van der Waals surface area (Å²) in [6.07, 6.45) is 4.39. The van der Waals surface area contributed by atoms with Gasteiger partial charge >= 0.3 is 0 Å². The first-order valence-corrected chi connectivity index (χ1v) is 6.83. The van der Waals surface area contributed by atoms with Crippen molar-refractivity contribution in [2.75, 3.05) is 6.54 Å². The number of thioether (sulfide) groups is 1. The fraction of sp³-hybridized carbons (Fsp3) is 0.429. The van der Waals surface area contributed by atoms with Crippen LogP contribution in [0.1, 0.15) is 18.9 Å². The molecule has 1 N–H and O–H groups in total. The van der Waals surface area contributed by atoms with Gasteiger partial charge in [-0.15, -0.1) is 18.3 Å². The average Bonchev–Trinajstić information content (AvgIpc) is 2.73. The minimum absolute atomic E-state index is 0.428. The van der Waals surface area contributed by atoms with Gasteiger partial charge in [-0.25, -0.2) is 0 Å². The van der Waals surface area contributed by atoms with E-state index >= 15 is 0 Å². The van der Waals surface area contributed by atoms with E-state index < -0.39 is 0 Å². The number of fused-ring (bicyclic) bond motifs is 1. The standard InChI is InChI=1S/C14H19NS/c1-3-9-15-12(4-2)14-10-11-7-5-6-8-13(11)16-14/h4-8,12,14-15H,2-3,9-10H2,1H3. The van der Waals surface area contributed by atoms with Crippen LogP contribution in [0.25, 0.3) is 0 Å². The van der Waals surface area contributed by atoms with Crippen LogP contribution in [0, 0.1) is 0 Å². The molecular formula is C14H19NS. The summed E-state index contributed by atoms with van der Waals surface area (Å²) in [6, 6.07) is 9.14. The second-order valence-corrected chi connectivity index (χ2v) is 5.46. The van der Waals surface area contributed by atoms with Gasteiger partial charge in [0.05, 0.1) is 0 Å². The van der Waals surface area contributed by atoms with Crippen molar-refractivity contribution in [3.05, 3.63) is 42.5 Å². The van der Waals surface area contributed by atoms with Crippen LogP contribution in [0.5, 0.6) is 0 Å². The normalized spacial score (nSPS) is 20.4. The minimum Gasteiger partial charge on any atom is -0.309 e. The largest absolute Gasteiger partial charge is 0.309 e. The van der Waals surface area contributed by atoms with E-state index in [2.05, 4.69) is 49.2 Å². The van der Waals surface area contributed by atoms with Crippen molar-refractivity contribution in [2.45, 2.75) is 36.0 Å². The number of hydrogen-bond donors (Lipinski definition) is 1. The van der Waals surface area contributed by atoms with E-state index in [9.17, 15) is 0 Å². The maximum absolute atomic E-state index is 3.95. The molecule has 0 fully saturated rings. The Hall–Kier alpha value is -0.730. The van der Waals surface area contributed by atoms with E-state index in [1.807, 2.05) is 11.8 Å². The summed E-state index contributed by atoms with van der Waals surface area (Å²) in [7, 11) is 0. The van der Waals surface area contributed by atoms with Gasteiger partial charge in [0, 0.05) is 16.2 Å². The van der Waals surface area contributed by atoms with E-state index in [1.54, 1.807) is 0 Å². The van der Waals surface area contributed by atoms with Crippen LogP contribution in [-0.2, 0) is 6.42 Å². The Morgan fingerprint density at radius 2 is 2.38 bits per heavy atom. The second kappa shape index (κ2) is 5.55. The van der Waals surface area contributed by atoms with Gasteiger partial charge in [-0.3, -0.25) is 0 Å². The molecule has 0 bridgehead atoms. The van der Waals surface area contributed by atoms with Gasteiger partial charge in [0.2, 0.25) is 0 Å². The van der Waals surface area contributed by atoms with Crippen molar-refractivity contribution in [1.29, 1.82) is 0 Å². The molecule has 0 radical (unpaired) electrons. The molecule has 2 rings (SSSR count). The molecule has 0 spiro atoms. The Morgan fingerprint density at radius 3 is 3.06 bits per heavy atom. The zero-order valence-electron chi connectivity index (χ0n) is 9.78. The first-order valence-electron chi connectivity index (χ1n) is 5.95. The maximum Gasteiger partial charge on any atom is 0.0374 e. The quantitative estimate of drug-likeness (QED) is 0.783.